The van der Waals surface area contributed by atoms with E-state index in [2.05, 4.69) is 11.8 Å². The number of aliphatic hydroxyl groups is 2. The molecule has 0 spiro atoms. The molecule has 0 saturated carbocycles. The molecule has 1 aromatic rings. The van der Waals surface area contributed by atoms with Crippen LogP contribution in [0, 0.1) is 18.8 Å². The highest BCUT2D eigenvalue weighted by atomic mass is 32.1. The van der Waals surface area contributed by atoms with Crippen LogP contribution in [-0.2, 0) is 0 Å². The van der Waals surface area contributed by atoms with Gasteiger partial charge in [0.2, 0.25) is 0 Å². The number of rotatable bonds is 6. The lowest BCUT2D eigenvalue weighted by Crippen LogP contribution is -2.27. The number of nitrogens with zero attached hydrogens (tertiary/aromatic N) is 1. The molecule has 1 amide bonds. The van der Waals surface area contributed by atoms with E-state index in [9.17, 15) is 4.79 Å². The molecule has 0 unspecified atom stereocenters. The number of hydrogen-bond acceptors (Lipinski definition) is 4. The predicted octanol–water partition coefficient (Wildman–Crippen LogP) is 1.63. The van der Waals surface area contributed by atoms with Crippen LogP contribution in [0.2, 0.25) is 0 Å². The average Bonchev–Trinajstić information content (AvgIpc) is 2.81. The number of hydrogen-bond donors (Lipinski definition) is 2. The lowest BCUT2D eigenvalue weighted by Gasteiger charge is -2.15. The third-order valence-corrected chi connectivity index (χ3v) is 4.05. The maximum Gasteiger partial charge on any atom is 0.263 e. The molecule has 0 radical (unpaired) electrons. The summed E-state index contributed by atoms with van der Waals surface area (Å²) in [6.07, 6.45) is 2.59. The van der Waals surface area contributed by atoms with E-state index in [4.69, 9.17) is 10.2 Å². The van der Waals surface area contributed by atoms with Crippen molar-refractivity contribution < 1.29 is 15.0 Å². The van der Waals surface area contributed by atoms with Gasteiger partial charge in [0.25, 0.3) is 5.91 Å². The van der Waals surface area contributed by atoms with Gasteiger partial charge in [0.05, 0.1) is 9.75 Å². The van der Waals surface area contributed by atoms with Crippen LogP contribution < -0.4 is 0 Å². The maximum atomic E-state index is 12.2. The Morgan fingerprint density at radius 2 is 2.10 bits per heavy atom. The van der Waals surface area contributed by atoms with Crippen LogP contribution in [0.4, 0.5) is 0 Å². The molecule has 1 aromatic heterocycles. The Morgan fingerprint density at radius 1 is 1.35 bits per heavy atom. The second-order valence-electron chi connectivity index (χ2n) is 4.59. The van der Waals surface area contributed by atoms with Crippen LogP contribution in [0.3, 0.4) is 0 Å². The van der Waals surface area contributed by atoms with Crippen molar-refractivity contribution in [2.75, 3.05) is 26.8 Å². The van der Waals surface area contributed by atoms with Gasteiger partial charge in [-0.3, -0.25) is 4.79 Å². The number of carbonyl (C=O) groups excluding carboxylic acids is 1. The molecule has 0 aliphatic heterocycles. The number of amides is 1. The van der Waals surface area contributed by atoms with Gasteiger partial charge < -0.3 is 15.1 Å². The fourth-order valence-corrected chi connectivity index (χ4v) is 2.80. The highest BCUT2D eigenvalue weighted by Crippen LogP contribution is 2.22. The van der Waals surface area contributed by atoms with Gasteiger partial charge in [-0.1, -0.05) is 11.8 Å². The summed E-state index contributed by atoms with van der Waals surface area (Å²) in [6.45, 7) is 2.63. The molecule has 0 aromatic carbocycles. The third-order valence-electron chi connectivity index (χ3n) is 2.91. The highest BCUT2D eigenvalue weighted by Gasteiger charge is 2.15. The Morgan fingerprint density at radius 3 is 2.75 bits per heavy atom. The molecule has 110 valence electrons. The standard InChI is InChI=1S/C15H21NO3S/c1-12-11-14(20-13(12)7-6-10-18)15(19)16(2)8-4-3-5-9-17/h11,17-18H,3-5,8-10H2,1-2H3. The summed E-state index contributed by atoms with van der Waals surface area (Å²) >= 11 is 1.36. The number of thiophene rings is 1. The summed E-state index contributed by atoms with van der Waals surface area (Å²) in [5, 5.41) is 17.4. The fourth-order valence-electron chi connectivity index (χ4n) is 1.76. The van der Waals surface area contributed by atoms with E-state index in [1.807, 2.05) is 13.0 Å². The summed E-state index contributed by atoms with van der Waals surface area (Å²) in [5.41, 5.74) is 0.966. The van der Waals surface area contributed by atoms with Crippen molar-refractivity contribution >= 4 is 17.2 Å². The molecule has 5 heteroatoms. The predicted molar refractivity (Wildman–Crippen MR) is 80.9 cm³/mol. The average molecular weight is 295 g/mol. The van der Waals surface area contributed by atoms with Crippen molar-refractivity contribution in [3.8, 4) is 11.8 Å². The molecular weight excluding hydrogens is 274 g/mol. The summed E-state index contributed by atoms with van der Waals surface area (Å²) in [6, 6.07) is 1.85. The smallest absolute Gasteiger partial charge is 0.263 e. The Kier molecular flexibility index (Phi) is 7.31. The fraction of sp³-hybridized carbons (Fsp3) is 0.533. The molecule has 0 atom stereocenters. The first kappa shape index (κ1) is 16.7. The van der Waals surface area contributed by atoms with Gasteiger partial charge in [0.1, 0.15) is 6.61 Å². The maximum absolute atomic E-state index is 12.2. The Balaban J connectivity index is 2.62. The number of aliphatic hydroxyl groups excluding tert-OH is 2. The van der Waals surface area contributed by atoms with E-state index in [-0.39, 0.29) is 19.1 Å². The summed E-state index contributed by atoms with van der Waals surface area (Å²) in [7, 11) is 1.79. The second-order valence-corrected chi connectivity index (χ2v) is 5.65. The lowest BCUT2D eigenvalue weighted by molar-refractivity contribution is 0.0797. The summed E-state index contributed by atoms with van der Waals surface area (Å²) in [4.78, 5) is 15.4. The van der Waals surface area contributed by atoms with Gasteiger partial charge in [-0.2, -0.15) is 0 Å². The van der Waals surface area contributed by atoms with E-state index in [1.54, 1.807) is 11.9 Å². The van der Waals surface area contributed by atoms with Crippen LogP contribution in [0.25, 0.3) is 0 Å². The van der Waals surface area contributed by atoms with Gasteiger partial charge in [0.15, 0.2) is 0 Å². The van der Waals surface area contributed by atoms with Crippen molar-refractivity contribution in [3.05, 3.63) is 21.4 Å². The lowest BCUT2D eigenvalue weighted by atomic mass is 10.2. The number of aryl methyl sites for hydroxylation is 1. The first-order valence-electron chi connectivity index (χ1n) is 6.66. The van der Waals surface area contributed by atoms with Gasteiger partial charge in [-0.05, 0) is 37.8 Å². The molecular formula is C15H21NO3S. The summed E-state index contributed by atoms with van der Waals surface area (Å²) < 4.78 is 0. The van der Waals surface area contributed by atoms with Crippen LogP contribution in [0.5, 0.6) is 0 Å². The van der Waals surface area contributed by atoms with Crippen LogP contribution in [0.15, 0.2) is 6.07 Å². The van der Waals surface area contributed by atoms with Crippen molar-refractivity contribution in [2.24, 2.45) is 0 Å². The van der Waals surface area contributed by atoms with Gasteiger partial charge in [-0.25, -0.2) is 0 Å². The molecule has 0 aliphatic carbocycles. The summed E-state index contributed by atoms with van der Waals surface area (Å²) in [5.74, 6) is 5.46. The topological polar surface area (TPSA) is 60.8 Å². The minimum absolute atomic E-state index is 0.000790. The zero-order valence-electron chi connectivity index (χ0n) is 12.0. The van der Waals surface area contributed by atoms with Crippen LogP contribution in [-0.4, -0.2) is 47.8 Å². The monoisotopic (exact) mass is 295 g/mol. The van der Waals surface area contributed by atoms with E-state index < -0.39 is 0 Å². The van der Waals surface area contributed by atoms with Crippen molar-refractivity contribution in [1.82, 2.24) is 4.90 Å². The molecule has 0 aliphatic rings. The minimum Gasteiger partial charge on any atom is -0.396 e. The second kappa shape index (κ2) is 8.75. The Labute approximate surface area is 124 Å². The molecule has 20 heavy (non-hydrogen) atoms. The van der Waals surface area contributed by atoms with Gasteiger partial charge in [-0.15, -0.1) is 11.3 Å². The first-order chi connectivity index (χ1) is 9.60. The number of carbonyl (C=O) groups is 1. The van der Waals surface area contributed by atoms with Gasteiger partial charge in [0, 0.05) is 20.2 Å². The van der Waals surface area contributed by atoms with Crippen molar-refractivity contribution in [3.63, 3.8) is 0 Å². The van der Waals surface area contributed by atoms with Crippen LogP contribution >= 0.6 is 11.3 Å². The SMILES string of the molecule is Cc1cc(C(=O)N(C)CCCCCO)sc1C#CCO. The van der Waals surface area contributed by atoms with Crippen molar-refractivity contribution in [1.29, 1.82) is 0 Å². The largest absolute Gasteiger partial charge is 0.396 e. The van der Waals surface area contributed by atoms with E-state index >= 15 is 0 Å². The van der Waals surface area contributed by atoms with Gasteiger partial charge >= 0.3 is 0 Å². The molecule has 1 heterocycles. The quantitative estimate of drug-likeness (QED) is 0.619. The molecule has 4 nitrogen and oxygen atoms in total. The zero-order valence-corrected chi connectivity index (χ0v) is 12.8. The minimum atomic E-state index is -0.175. The van der Waals surface area contributed by atoms with E-state index in [0.29, 0.717) is 11.4 Å². The highest BCUT2D eigenvalue weighted by molar-refractivity contribution is 7.14. The molecule has 0 bridgehead atoms. The molecule has 0 saturated heterocycles. The van der Waals surface area contributed by atoms with Crippen LogP contribution in [0.1, 0.15) is 39.4 Å². The number of unbranched alkanes of at least 4 members (excludes halogenated alkanes) is 2. The zero-order chi connectivity index (χ0) is 15.0. The van der Waals surface area contributed by atoms with Crippen molar-refractivity contribution in [2.45, 2.75) is 26.2 Å². The normalized spacial score (nSPS) is 10.0. The molecule has 0 fully saturated rings. The molecule has 2 N–H and O–H groups in total. The Hall–Kier alpha value is -1.35. The first-order valence-corrected chi connectivity index (χ1v) is 7.48. The van der Waals surface area contributed by atoms with E-state index in [0.717, 1.165) is 29.7 Å². The third kappa shape index (κ3) is 4.97. The van der Waals surface area contributed by atoms with E-state index in [1.165, 1.54) is 11.3 Å². The molecule has 1 rings (SSSR count). The Bertz CT molecular complexity index is 499.